The van der Waals surface area contributed by atoms with E-state index < -0.39 is 16.0 Å². The molecule has 1 aromatic rings. The summed E-state index contributed by atoms with van der Waals surface area (Å²) in [6, 6.07) is 1.16. The van der Waals surface area contributed by atoms with Crippen molar-refractivity contribution in [2.24, 2.45) is 0 Å². The highest BCUT2D eigenvalue weighted by Crippen LogP contribution is 2.14. The van der Waals surface area contributed by atoms with Gasteiger partial charge in [-0.15, -0.1) is 0 Å². The molecule has 9 heteroatoms. The lowest BCUT2D eigenvalue weighted by atomic mass is 10.4. The number of aliphatic hydroxyl groups is 1. The largest absolute Gasteiger partial charge is 0.477 e. The maximum atomic E-state index is 12.1. The molecule has 3 N–H and O–H groups in total. The van der Waals surface area contributed by atoms with Gasteiger partial charge >= 0.3 is 5.97 Å². The predicted molar refractivity (Wildman–Crippen MR) is 81.3 cm³/mol. The highest BCUT2D eigenvalue weighted by Gasteiger charge is 2.20. The van der Waals surface area contributed by atoms with E-state index in [0.717, 1.165) is 11.8 Å². The number of hydrogen-bond donors (Lipinski definition) is 3. The van der Waals surface area contributed by atoms with Crippen LogP contribution in [0.25, 0.3) is 0 Å². The van der Waals surface area contributed by atoms with Gasteiger partial charge in [-0.05, 0) is 25.2 Å². The molecule has 0 aromatic carbocycles. The first kappa shape index (κ1) is 18.0. The number of aromatic carboxylic acids is 1. The molecule has 1 aromatic heterocycles. The first-order valence-electron chi connectivity index (χ1n) is 6.54. The smallest absolute Gasteiger partial charge is 0.352 e. The SMILES string of the molecule is CCn1cc(S(=O)(=O)NCCSCCCO)cc1C(=O)O. The minimum Gasteiger partial charge on any atom is -0.477 e. The Bertz CT molecular complexity index is 568. The van der Waals surface area contributed by atoms with Gasteiger partial charge in [0.2, 0.25) is 10.0 Å². The summed E-state index contributed by atoms with van der Waals surface area (Å²) in [4.78, 5) is 11.0. The number of hydrogen-bond acceptors (Lipinski definition) is 5. The fourth-order valence-corrected chi connectivity index (χ4v) is 3.65. The van der Waals surface area contributed by atoms with E-state index in [9.17, 15) is 13.2 Å². The lowest BCUT2D eigenvalue weighted by Gasteiger charge is -2.04. The third-order valence-corrected chi connectivity index (χ3v) is 5.23. The molecule has 0 bridgehead atoms. The van der Waals surface area contributed by atoms with Crippen LogP contribution in [-0.4, -0.2) is 53.8 Å². The normalized spacial score (nSPS) is 11.7. The van der Waals surface area contributed by atoms with Crippen molar-refractivity contribution in [2.45, 2.75) is 24.8 Å². The van der Waals surface area contributed by atoms with Crippen LogP contribution < -0.4 is 4.72 Å². The molecule has 1 rings (SSSR count). The monoisotopic (exact) mass is 336 g/mol. The van der Waals surface area contributed by atoms with Crippen molar-refractivity contribution >= 4 is 27.8 Å². The average molecular weight is 336 g/mol. The van der Waals surface area contributed by atoms with Crippen LogP contribution in [0.3, 0.4) is 0 Å². The van der Waals surface area contributed by atoms with E-state index in [2.05, 4.69) is 4.72 Å². The topological polar surface area (TPSA) is 109 Å². The van der Waals surface area contributed by atoms with Gasteiger partial charge in [0.25, 0.3) is 0 Å². The molecule has 7 nitrogen and oxygen atoms in total. The number of carbonyl (C=O) groups is 1. The summed E-state index contributed by atoms with van der Waals surface area (Å²) in [6.07, 6.45) is 2.00. The fraction of sp³-hybridized carbons (Fsp3) is 0.583. The average Bonchev–Trinajstić information content (AvgIpc) is 2.88. The van der Waals surface area contributed by atoms with E-state index in [-0.39, 0.29) is 23.7 Å². The fourth-order valence-electron chi connectivity index (χ4n) is 1.67. The molecule has 0 saturated heterocycles. The van der Waals surface area contributed by atoms with Crippen LogP contribution >= 0.6 is 11.8 Å². The van der Waals surface area contributed by atoms with Crippen molar-refractivity contribution in [3.63, 3.8) is 0 Å². The maximum Gasteiger partial charge on any atom is 0.352 e. The van der Waals surface area contributed by atoms with E-state index in [4.69, 9.17) is 10.2 Å². The Kier molecular flexibility index (Phi) is 7.23. The number of rotatable bonds is 10. The first-order chi connectivity index (χ1) is 9.92. The van der Waals surface area contributed by atoms with Gasteiger partial charge in [0.05, 0.1) is 0 Å². The van der Waals surface area contributed by atoms with Crippen molar-refractivity contribution in [3.8, 4) is 0 Å². The van der Waals surface area contributed by atoms with Crippen molar-refractivity contribution in [1.82, 2.24) is 9.29 Å². The molecule has 0 aliphatic heterocycles. The van der Waals surface area contributed by atoms with Gasteiger partial charge in [0, 0.05) is 31.6 Å². The van der Waals surface area contributed by atoms with Crippen molar-refractivity contribution in [1.29, 1.82) is 0 Å². The van der Waals surface area contributed by atoms with Crippen LogP contribution in [0.2, 0.25) is 0 Å². The summed E-state index contributed by atoms with van der Waals surface area (Å²) in [5, 5.41) is 17.6. The van der Waals surface area contributed by atoms with E-state index in [1.54, 1.807) is 18.7 Å². The summed E-state index contributed by atoms with van der Waals surface area (Å²) in [6.45, 7) is 2.52. The molecule has 0 atom stereocenters. The Hall–Kier alpha value is -1.03. The molecule has 0 amide bonds. The van der Waals surface area contributed by atoms with Gasteiger partial charge in [-0.3, -0.25) is 0 Å². The quantitative estimate of drug-likeness (QED) is 0.540. The molecule has 120 valence electrons. The van der Waals surface area contributed by atoms with Gasteiger partial charge in [0.1, 0.15) is 10.6 Å². The van der Waals surface area contributed by atoms with Crippen molar-refractivity contribution in [3.05, 3.63) is 18.0 Å². The van der Waals surface area contributed by atoms with Gasteiger partial charge in [-0.2, -0.15) is 11.8 Å². The predicted octanol–water partition coefficient (Wildman–Crippen LogP) is 0.600. The second kappa shape index (κ2) is 8.42. The number of sulfonamides is 1. The minimum atomic E-state index is -3.70. The Morgan fingerprint density at radius 2 is 2.14 bits per heavy atom. The minimum absolute atomic E-state index is 0.0397. The zero-order chi connectivity index (χ0) is 15.9. The molecule has 0 unspecified atom stereocenters. The lowest BCUT2D eigenvalue weighted by Crippen LogP contribution is -2.25. The van der Waals surface area contributed by atoms with Crippen LogP contribution in [0.15, 0.2) is 17.2 Å². The highest BCUT2D eigenvalue weighted by molar-refractivity contribution is 7.99. The molecule has 0 aliphatic carbocycles. The molecular formula is C12H20N2O5S2. The number of nitrogens with one attached hydrogen (secondary N) is 1. The summed E-state index contributed by atoms with van der Waals surface area (Å²) in [5.41, 5.74) is -0.0461. The lowest BCUT2D eigenvalue weighted by molar-refractivity contribution is 0.0685. The standard InChI is InChI=1S/C12H20N2O5S2/c1-2-14-9-10(8-11(14)12(16)17)21(18,19)13-4-7-20-6-3-5-15/h8-9,13,15H,2-7H2,1H3,(H,16,17). The Balaban J connectivity index is 2.64. The molecular weight excluding hydrogens is 316 g/mol. The van der Waals surface area contributed by atoms with Crippen LogP contribution in [0, 0.1) is 0 Å². The molecule has 0 saturated carbocycles. The van der Waals surface area contributed by atoms with E-state index in [0.29, 0.717) is 18.7 Å². The van der Waals surface area contributed by atoms with Crippen LogP contribution in [0.4, 0.5) is 0 Å². The van der Waals surface area contributed by atoms with Crippen LogP contribution in [-0.2, 0) is 16.6 Å². The van der Waals surface area contributed by atoms with E-state index in [1.165, 1.54) is 10.8 Å². The van der Waals surface area contributed by atoms with Gasteiger partial charge < -0.3 is 14.8 Å². The van der Waals surface area contributed by atoms with E-state index >= 15 is 0 Å². The summed E-state index contributed by atoms with van der Waals surface area (Å²) in [7, 11) is -3.70. The molecule has 0 fully saturated rings. The first-order valence-corrected chi connectivity index (χ1v) is 9.18. The number of nitrogens with zero attached hydrogens (tertiary/aromatic N) is 1. The number of carboxylic acid groups (broad SMARTS) is 1. The maximum absolute atomic E-state index is 12.1. The van der Waals surface area contributed by atoms with Gasteiger partial charge in [-0.1, -0.05) is 0 Å². The number of thioether (sulfide) groups is 1. The number of aryl methyl sites for hydroxylation is 1. The van der Waals surface area contributed by atoms with Crippen molar-refractivity contribution < 1.29 is 23.4 Å². The third kappa shape index (κ3) is 5.34. The Labute approximate surface area is 128 Å². The summed E-state index contributed by atoms with van der Waals surface area (Å²) >= 11 is 1.55. The zero-order valence-electron chi connectivity index (χ0n) is 11.8. The highest BCUT2D eigenvalue weighted by atomic mass is 32.2. The number of carboxylic acids is 1. The summed E-state index contributed by atoms with van der Waals surface area (Å²) < 4.78 is 27.9. The van der Waals surface area contributed by atoms with Crippen LogP contribution in [0.5, 0.6) is 0 Å². The van der Waals surface area contributed by atoms with Crippen molar-refractivity contribution in [2.75, 3.05) is 24.7 Å². The second-order valence-electron chi connectivity index (χ2n) is 4.24. The van der Waals surface area contributed by atoms with Gasteiger partial charge in [0.15, 0.2) is 0 Å². The third-order valence-electron chi connectivity index (χ3n) is 2.73. The molecule has 1 heterocycles. The summed E-state index contributed by atoms with van der Waals surface area (Å²) in [5.74, 6) is 0.213. The second-order valence-corrected chi connectivity index (χ2v) is 7.23. The number of aromatic nitrogens is 1. The van der Waals surface area contributed by atoms with Gasteiger partial charge in [-0.25, -0.2) is 17.9 Å². The van der Waals surface area contributed by atoms with Crippen LogP contribution in [0.1, 0.15) is 23.8 Å². The molecule has 0 aliphatic rings. The Morgan fingerprint density at radius 3 is 2.67 bits per heavy atom. The molecule has 21 heavy (non-hydrogen) atoms. The molecule has 0 radical (unpaired) electrons. The molecule has 0 spiro atoms. The Morgan fingerprint density at radius 1 is 1.43 bits per heavy atom. The number of aliphatic hydroxyl groups excluding tert-OH is 1. The zero-order valence-corrected chi connectivity index (χ0v) is 13.4. The van der Waals surface area contributed by atoms with E-state index in [1.807, 2.05) is 0 Å².